The maximum Gasteiger partial charge on any atom is 0.115 e. The first-order valence-electron chi connectivity index (χ1n) is 10.2. The number of hydrogen-bond acceptors (Lipinski definition) is 4. The first kappa shape index (κ1) is 22.3. The molecule has 1 unspecified atom stereocenters. The van der Waals surface area contributed by atoms with Crippen LogP contribution in [0.25, 0.3) is 0 Å². The van der Waals surface area contributed by atoms with E-state index in [1.54, 1.807) is 24.3 Å². The van der Waals surface area contributed by atoms with E-state index in [1.165, 1.54) is 6.42 Å². The molecule has 1 saturated carbocycles. The fraction of sp³-hybridized carbons (Fsp3) is 0.500. The minimum Gasteiger partial charge on any atom is -0.508 e. The third-order valence-corrected chi connectivity index (χ3v) is 5.90. The van der Waals surface area contributed by atoms with Crippen LogP contribution in [0.4, 0.5) is 0 Å². The van der Waals surface area contributed by atoms with E-state index in [2.05, 4.69) is 13.8 Å². The van der Waals surface area contributed by atoms with Gasteiger partial charge < -0.3 is 20.4 Å². The maximum absolute atomic E-state index is 9.89. The number of phenols is 2. The Kier molecular flexibility index (Phi) is 7.50. The zero-order valence-corrected chi connectivity index (χ0v) is 17.2. The van der Waals surface area contributed by atoms with E-state index in [-0.39, 0.29) is 16.9 Å². The van der Waals surface area contributed by atoms with Crippen LogP contribution < -0.4 is 0 Å². The zero-order valence-electron chi connectivity index (χ0n) is 17.2. The first-order chi connectivity index (χ1) is 13.2. The quantitative estimate of drug-likeness (QED) is 0.604. The minimum absolute atomic E-state index is 0.151. The molecule has 0 aliphatic heterocycles. The normalized spacial score (nSPS) is 17.3. The van der Waals surface area contributed by atoms with Crippen molar-refractivity contribution in [1.82, 2.24) is 0 Å². The van der Waals surface area contributed by atoms with Crippen molar-refractivity contribution in [2.24, 2.45) is 0 Å². The minimum atomic E-state index is -0.757. The SMILES string of the molecule is CC(C)(c1ccc(O)cc1)c1ccc(O)cc1.CCC(O)C1(O)CCCCC1. The van der Waals surface area contributed by atoms with E-state index in [0.29, 0.717) is 6.42 Å². The summed E-state index contributed by atoms with van der Waals surface area (Å²) in [5.41, 5.74) is 1.34. The summed E-state index contributed by atoms with van der Waals surface area (Å²) in [5, 5.41) is 38.0. The average molecular weight is 387 g/mol. The van der Waals surface area contributed by atoms with Crippen molar-refractivity contribution >= 4 is 0 Å². The maximum atomic E-state index is 9.89. The highest BCUT2D eigenvalue weighted by Gasteiger charge is 2.35. The van der Waals surface area contributed by atoms with Crippen LogP contribution >= 0.6 is 0 Å². The molecular weight excluding hydrogens is 352 g/mol. The highest BCUT2D eigenvalue weighted by atomic mass is 16.3. The molecule has 2 aromatic carbocycles. The van der Waals surface area contributed by atoms with Gasteiger partial charge in [0.2, 0.25) is 0 Å². The van der Waals surface area contributed by atoms with Crippen molar-refractivity contribution in [3.63, 3.8) is 0 Å². The molecule has 28 heavy (non-hydrogen) atoms. The summed E-state index contributed by atoms with van der Waals surface area (Å²) in [5.74, 6) is 0.547. The molecular formula is C24H34O4. The number of hydrogen-bond donors (Lipinski definition) is 4. The Labute approximate surface area is 168 Å². The number of benzene rings is 2. The lowest BCUT2D eigenvalue weighted by atomic mass is 9.78. The predicted octanol–water partition coefficient (Wildman–Crippen LogP) is 4.88. The molecule has 0 spiro atoms. The number of phenolic OH excluding ortho intramolecular Hbond substituents is 2. The second-order valence-corrected chi connectivity index (χ2v) is 8.31. The van der Waals surface area contributed by atoms with Crippen LogP contribution in [0.5, 0.6) is 11.5 Å². The van der Waals surface area contributed by atoms with E-state index in [9.17, 15) is 20.4 Å². The third-order valence-electron chi connectivity index (χ3n) is 5.90. The van der Waals surface area contributed by atoms with Crippen LogP contribution in [0.2, 0.25) is 0 Å². The Morgan fingerprint density at radius 1 is 0.821 bits per heavy atom. The number of aromatic hydroxyl groups is 2. The summed E-state index contributed by atoms with van der Waals surface area (Å²) in [6.07, 6.45) is 5.04. The molecule has 4 N–H and O–H groups in total. The molecule has 0 amide bonds. The molecule has 2 aromatic rings. The van der Waals surface area contributed by atoms with E-state index < -0.39 is 11.7 Å². The van der Waals surface area contributed by atoms with Gasteiger partial charge in [0.05, 0.1) is 11.7 Å². The van der Waals surface area contributed by atoms with Crippen LogP contribution in [0, 0.1) is 0 Å². The van der Waals surface area contributed by atoms with Crippen molar-refractivity contribution < 1.29 is 20.4 Å². The third kappa shape index (κ3) is 5.49. The van der Waals surface area contributed by atoms with E-state index in [0.717, 1.165) is 36.8 Å². The van der Waals surface area contributed by atoms with Crippen LogP contribution in [0.3, 0.4) is 0 Å². The topological polar surface area (TPSA) is 80.9 Å². The average Bonchev–Trinajstić information content (AvgIpc) is 2.69. The molecule has 0 radical (unpaired) electrons. The molecule has 0 saturated heterocycles. The fourth-order valence-corrected chi connectivity index (χ4v) is 3.80. The van der Waals surface area contributed by atoms with Crippen molar-refractivity contribution in [2.75, 3.05) is 0 Å². The van der Waals surface area contributed by atoms with Crippen molar-refractivity contribution in [3.05, 3.63) is 59.7 Å². The standard InChI is InChI=1S/C15H16O2.C9H18O2/c1-15(2,11-3-7-13(16)8-4-11)12-5-9-14(17)10-6-12;1-2-8(10)9(11)6-4-3-5-7-9/h3-10,16-17H,1-2H3;8,10-11H,2-7H2,1H3. The van der Waals surface area contributed by atoms with Gasteiger partial charge in [-0.05, 0) is 54.7 Å². The molecule has 4 nitrogen and oxygen atoms in total. The highest BCUT2D eigenvalue weighted by molar-refractivity contribution is 5.41. The molecule has 0 bridgehead atoms. The molecule has 0 aromatic heterocycles. The summed E-state index contributed by atoms with van der Waals surface area (Å²) >= 11 is 0. The Bertz CT molecular complexity index is 666. The molecule has 1 aliphatic carbocycles. The Balaban J connectivity index is 0.000000221. The number of aliphatic hydroxyl groups is 2. The van der Waals surface area contributed by atoms with E-state index in [1.807, 2.05) is 31.2 Å². The molecule has 4 heteroatoms. The predicted molar refractivity (Wildman–Crippen MR) is 113 cm³/mol. The van der Waals surface area contributed by atoms with Gasteiger partial charge in [-0.3, -0.25) is 0 Å². The van der Waals surface area contributed by atoms with Gasteiger partial charge in [0.1, 0.15) is 11.5 Å². The van der Waals surface area contributed by atoms with Gasteiger partial charge in [-0.2, -0.15) is 0 Å². The largest absolute Gasteiger partial charge is 0.508 e. The fourth-order valence-electron chi connectivity index (χ4n) is 3.80. The molecule has 3 rings (SSSR count). The van der Waals surface area contributed by atoms with Gasteiger partial charge in [0, 0.05) is 5.41 Å². The second kappa shape index (κ2) is 9.44. The van der Waals surface area contributed by atoms with Gasteiger partial charge in [-0.1, -0.05) is 64.3 Å². The summed E-state index contributed by atoms with van der Waals surface area (Å²) in [6, 6.07) is 14.4. The lowest BCUT2D eigenvalue weighted by Crippen LogP contribution is -2.43. The molecule has 1 fully saturated rings. The second-order valence-electron chi connectivity index (χ2n) is 8.31. The smallest absolute Gasteiger partial charge is 0.115 e. The van der Waals surface area contributed by atoms with Crippen LogP contribution in [-0.2, 0) is 5.41 Å². The van der Waals surface area contributed by atoms with Gasteiger partial charge in [0.15, 0.2) is 0 Å². The monoisotopic (exact) mass is 386 g/mol. The van der Waals surface area contributed by atoms with Crippen LogP contribution in [-0.4, -0.2) is 32.1 Å². The first-order valence-corrected chi connectivity index (χ1v) is 10.2. The van der Waals surface area contributed by atoms with Gasteiger partial charge in [-0.25, -0.2) is 0 Å². The number of aliphatic hydroxyl groups excluding tert-OH is 1. The lowest BCUT2D eigenvalue weighted by molar-refractivity contribution is -0.0976. The summed E-state index contributed by atoms with van der Waals surface area (Å²) in [4.78, 5) is 0. The van der Waals surface area contributed by atoms with E-state index >= 15 is 0 Å². The van der Waals surface area contributed by atoms with Gasteiger partial charge in [-0.15, -0.1) is 0 Å². The van der Waals surface area contributed by atoms with Gasteiger partial charge in [0.25, 0.3) is 0 Å². The Morgan fingerprint density at radius 3 is 1.57 bits per heavy atom. The summed E-state index contributed by atoms with van der Waals surface area (Å²) < 4.78 is 0. The Hall–Kier alpha value is -2.04. The zero-order chi connectivity index (χ0) is 20.8. The number of rotatable bonds is 4. The Morgan fingerprint density at radius 2 is 1.21 bits per heavy atom. The van der Waals surface area contributed by atoms with Crippen molar-refractivity contribution in [3.8, 4) is 11.5 Å². The van der Waals surface area contributed by atoms with Crippen LogP contribution in [0.15, 0.2) is 48.5 Å². The lowest BCUT2D eigenvalue weighted by Gasteiger charge is -2.35. The van der Waals surface area contributed by atoms with Crippen LogP contribution in [0.1, 0.15) is 70.4 Å². The van der Waals surface area contributed by atoms with Gasteiger partial charge >= 0.3 is 0 Å². The molecule has 1 atom stereocenters. The molecule has 0 heterocycles. The van der Waals surface area contributed by atoms with E-state index in [4.69, 9.17) is 0 Å². The van der Waals surface area contributed by atoms with Crippen molar-refractivity contribution in [2.45, 2.75) is 76.4 Å². The molecule has 1 aliphatic rings. The highest BCUT2D eigenvalue weighted by Crippen LogP contribution is 2.33. The molecule has 154 valence electrons. The summed E-state index contributed by atoms with van der Waals surface area (Å²) in [7, 11) is 0. The summed E-state index contributed by atoms with van der Waals surface area (Å²) in [6.45, 7) is 6.15. The van der Waals surface area contributed by atoms with Crippen molar-refractivity contribution in [1.29, 1.82) is 0 Å².